The number of carbonyl (C=O) groups is 1. The van der Waals surface area contributed by atoms with Gasteiger partial charge in [-0.15, -0.1) is 0 Å². The molecular formula is C11H22N2O. The van der Waals surface area contributed by atoms with Gasteiger partial charge < -0.3 is 10.6 Å². The molecule has 14 heavy (non-hydrogen) atoms. The molecule has 1 fully saturated rings. The molecule has 1 aliphatic carbocycles. The standard InChI is InChI=1S/C11H22N2O/c1-3-13-10(14)9-11(12-2)7-5-4-6-8-11/h12H,3-9H2,1-2H3,(H,13,14). The second kappa shape index (κ2) is 5.35. The van der Waals surface area contributed by atoms with E-state index in [1.165, 1.54) is 19.3 Å². The summed E-state index contributed by atoms with van der Waals surface area (Å²) in [6.45, 7) is 2.70. The van der Waals surface area contributed by atoms with Gasteiger partial charge in [-0.3, -0.25) is 4.79 Å². The molecule has 0 atom stereocenters. The molecule has 0 bridgehead atoms. The lowest BCUT2D eigenvalue weighted by Crippen LogP contribution is -2.48. The smallest absolute Gasteiger partial charge is 0.221 e. The molecule has 0 spiro atoms. The molecule has 0 aromatic carbocycles. The zero-order valence-corrected chi connectivity index (χ0v) is 9.36. The van der Waals surface area contributed by atoms with E-state index in [9.17, 15) is 4.79 Å². The summed E-state index contributed by atoms with van der Waals surface area (Å²) in [7, 11) is 1.98. The molecule has 1 saturated carbocycles. The van der Waals surface area contributed by atoms with Gasteiger partial charge in [0.15, 0.2) is 0 Å². The van der Waals surface area contributed by atoms with Gasteiger partial charge in [0.2, 0.25) is 5.91 Å². The first kappa shape index (κ1) is 11.5. The topological polar surface area (TPSA) is 41.1 Å². The van der Waals surface area contributed by atoms with Crippen molar-refractivity contribution in [1.29, 1.82) is 0 Å². The molecule has 82 valence electrons. The lowest BCUT2D eigenvalue weighted by molar-refractivity contribution is -0.122. The van der Waals surface area contributed by atoms with E-state index in [4.69, 9.17) is 0 Å². The monoisotopic (exact) mass is 198 g/mol. The summed E-state index contributed by atoms with van der Waals surface area (Å²) < 4.78 is 0. The molecule has 0 heterocycles. The van der Waals surface area contributed by atoms with Crippen LogP contribution in [0.25, 0.3) is 0 Å². The average molecular weight is 198 g/mol. The van der Waals surface area contributed by atoms with E-state index >= 15 is 0 Å². The third kappa shape index (κ3) is 2.98. The lowest BCUT2D eigenvalue weighted by Gasteiger charge is -2.36. The molecule has 1 aliphatic rings. The Balaban J connectivity index is 2.47. The first-order valence-corrected chi connectivity index (χ1v) is 5.68. The fourth-order valence-corrected chi connectivity index (χ4v) is 2.31. The van der Waals surface area contributed by atoms with Crippen LogP contribution in [-0.2, 0) is 4.79 Å². The minimum absolute atomic E-state index is 0.0809. The van der Waals surface area contributed by atoms with Crippen molar-refractivity contribution < 1.29 is 4.79 Å². The first-order valence-electron chi connectivity index (χ1n) is 5.68. The van der Waals surface area contributed by atoms with Gasteiger partial charge in [-0.1, -0.05) is 19.3 Å². The number of carbonyl (C=O) groups excluding carboxylic acids is 1. The zero-order valence-electron chi connectivity index (χ0n) is 9.36. The maximum absolute atomic E-state index is 11.5. The molecule has 0 aliphatic heterocycles. The van der Waals surface area contributed by atoms with Crippen molar-refractivity contribution in [3.63, 3.8) is 0 Å². The van der Waals surface area contributed by atoms with E-state index < -0.39 is 0 Å². The number of rotatable bonds is 4. The molecule has 1 rings (SSSR count). The second-order valence-corrected chi connectivity index (χ2v) is 4.22. The summed E-state index contributed by atoms with van der Waals surface area (Å²) in [4.78, 5) is 11.5. The van der Waals surface area contributed by atoms with Crippen LogP contribution in [0.15, 0.2) is 0 Å². The fourth-order valence-electron chi connectivity index (χ4n) is 2.31. The maximum atomic E-state index is 11.5. The molecule has 2 N–H and O–H groups in total. The molecule has 3 heteroatoms. The van der Waals surface area contributed by atoms with Gasteiger partial charge >= 0.3 is 0 Å². The molecule has 0 aromatic rings. The van der Waals surface area contributed by atoms with Crippen molar-refractivity contribution in [1.82, 2.24) is 10.6 Å². The molecule has 0 aromatic heterocycles. The Labute approximate surface area is 86.6 Å². The third-order valence-corrected chi connectivity index (χ3v) is 3.21. The van der Waals surface area contributed by atoms with Crippen molar-refractivity contribution in [2.45, 2.75) is 51.0 Å². The van der Waals surface area contributed by atoms with Gasteiger partial charge in [0.1, 0.15) is 0 Å². The van der Waals surface area contributed by atoms with Crippen molar-refractivity contribution in [3.8, 4) is 0 Å². The predicted molar refractivity (Wildman–Crippen MR) is 58.2 cm³/mol. The van der Waals surface area contributed by atoms with Crippen LogP contribution in [0.3, 0.4) is 0 Å². The minimum Gasteiger partial charge on any atom is -0.356 e. The van der Waals surface area contributed by atoms with Gasteiger partial charge in [-0.05, 0) is 26.8 Å². The van der Waals surface area contributed by atoms with Gasteiger partial charge in [-0.2, -0.15) is 0 Å². The van der Waals surface area contributed by atoms with Crippen molar-refractivity contribution in [2.75, 3.05) is 13.6 Å². The fraction of sp³-hybridized carbons (Fsp3) is 0.909. The normalized spacial score (nSPS) is 20.4. The lowest BCUT2D eigenvalue weighted by atomic mass is 9.79. The Morgan fingerprint density at radius 1 is 1.29 bits per heavy atom. The van der Waals surface area contributed by atoms with Crippen LogP contribution in [0, 0.1) is 0 Å². The van der Waals surface area contributed by atoms with E-state index in [2.05, 4.69) is 10.6 Å². The van der Waals surface area contributed by atoms with Crippen molar-refractivity contribution >= 4 is 5.91 Å². The minimum atomic E-state index is 0.0809. The van der Waals surface area contributed by atoms with E-state index in [-0.39, 0.29) is 11.4 Å². The van der Waals surface area contributed by atoms with E-state index in [0.29, 0.717) is 6.42 Å². The Kier molecular flexibility index (Phi) is 4.39. The Bertz CT molecular complexity index is 186. The summed E-state index contributed by atoms with van der Waals surface area (Å²) in [5, 5.41) is 6.22. The molecule has 0 radical (unpaired) electrons. The van der Waals surface area contributed by atoms with Crippen LogP contribution in [0.1, 0.15) is 45.4 Å². The number of amides is 1. The van der Waals surface area contributed by atoms with Gasteiger partial charge in [0, 0.05) is 18.5 Å². The zero-order chi connectivity index (χ0) is 10.4. The van der Waals surface area contributed by atoms with Gasteiger partial charge in [0.25, 0.3) is 0 Å². The summed E-state index contributed by atoms with van der Waals surface area (Å²) >= 11 is 0. The van der Waals surface area contributed by atoms with E-state index in [1.54, 1.807) is 0 Å². The number of hydrogen-bond acceptors (Lipinski definition) is 2. The molecule has 0 saturated heterocycles. The first-order chi connectivity index (χ1) is 6.72. The Hall–Kier alpha value is -0.570. The highest BCUT2D eigenvalue weighted by Gasteiger charge is 2.32. The highest BCUT2D eigenvalue weighted by Crippen LogP contribution is 2.30. The van der Waals surface area contributed by atoms with Gasteiger partial charge in [0.05, 0.1) is 0 Å². The summed E-state index contributed by atoms with van der Waals surface area (Å²) in [5.74, 6) is 0.184. The number of hydrogen-bond donors (Lipinski definition) is 2. The average Bonchev–Trinajstić information content (AvgIpc) is 2.19. The van der Waals surface area contributed by atoms with Crippen LogP contribution < -0.4 is 10.6 Å². The van der Waals surface area contributed by atoms with Crippen molar-refractivity contribution in [2.24, 2.45) is 0 Å². The highest BCUT2D eigenvalue weighted by molar-refractivity contribution is 5.77. The van der Waals surface area contributed by atoms with Gasteiger partial charge in [-0.25, -0.2) is 0 Å². The third-order valence-electron chi connectivity index (χ3n) is 3.21. The quantitative estimate of drug-likeness (QED) is 0.717. The maximum Gasteiger partial charge on any atom is 0.221 e. The summed E-state index contributed by atoms with van der Waals surface area (Å²) in [6, 6.07) is 0. The molecule has 3 nitrogen and oxygen atoms in total. The van der Waals surface area contributed by atoms with Crippen LogP contribution in [-0.4, -0.2) is 25.0 Å². The summed E-state index contributed by atoms with van der Waals surface area (Å²) in [6.07, 6.45) is 6.73. The summed E-state index contributed by atoms with van der Waals surface area (Å²) in [5.41, 5.74) is 0.0809. The molecule has 1 amide bonds. The van der Waals surface area contributed by atoms with Crippen LogP contribution >= 0.6 is 0 Å². The van der Waals surface area contributed by atoms with E-state index in [1.807, 2.05) is 14.0 Å². The molecule has 0 unspecified atom stereocenters. The Morgan fingerprint density at radius 3 is 2.43 bits per heavy atom. The molecular weight excluding hydrogens is 176 g/mol. The SMILES string of the molecule is CCNC(=O)CC1(NC)CCCCC1. The van der Waals surface area contributed by atoms with E-state index in [0.717, 1.165) is 19.4 Å². The van der Waals surface area contributed by atoms with Crippen LogP contribution in [0.5, 0.6) is 0 Å². The predicted octanol–water partition coefficient (Wildman–Crippen LogP) is 1.43. The highest BCUT2D eigenvalue weighted by atomic mass is 16.1. The van der Waals surface area contributed by atoms with Crippen molar-refractivity contribution in [3.05, 3.63) is 0 Å². The largest absolute Gasteiger partial charge is 0.356 e. The Morgan fingerprint density at radius 2 is 1.93 bits per heavy atom. The van der Waals surface area contributed by atoms with Crippen LogP contribution in [0.4, 0.5) is 0 Å². The number of nitrogens with one attached hydrogen (secondary N) is 2. The van der Waals surface area contributed by atoms with Crippen LogP contribution in [0.2, 0.25) is 0 Å². The second-order valence-electron chi connectivity index (χ2n) is 4.22.